The molecule has 1 nitrogen and oxygen atoms in total. The third-order valence-electron chi connectivity index (χ3n) is 2.53. The van der Waals surface area contributed by atoms with Gasteiger partial charge in [-0.3, -0.25) is 0 Å². The summed E-state index contributed by atoms with van der Waals surface area (Å²) in [5, 5.41) is 0. The van der Waals surface area contributed by atoms with Gasteiger partial charge in [-0.25, -0.2) is 8.78 Å². The minimum Gasteiger partial charge on any atom is -0.327 e. The first-order chi connectivity index (χ1) is 8.91. The van der Waals surface area contributed by atoms with Gasteiger partial charge in [0.1, 0.15) is 11.6 Å². The lowest BCUT2D eigenvalue weighted by Crippen LogP contribution is -2.49. The quantitative estimate of drug-likeness (QED) is 0.849. The molecule has 0 heterocycles. The summed E-state index contributed by atoms with van der Waals surface area (Å²) in [6, 6.07) is -0.685. The van der Waals surface area contributed by atoms with Gasteiger partial charge in [-0.15, -0.1) is 0 Å². The number of hydrogen-bond acceptors (Lipinski definition) is 1. The summed E-state index contributed by atoms with van der Waals surface area (Å²) < 4.78 is 99.9. The molecular formula is C11H9F8N. The third-order valence-corrected chi connectivity index (χ3v) is 2.53. The molecule has 0 saturated carbocycles. The van der Waals surface area contributed by atoms with Gasteiger partial charge >= 0.3 is 12.4 Å². The molecule has 0 bridgehead atoms. The molecule has 0 aliphatic rings. The van der Waals surface area contributed by atoms with Crippen molar-refractivity contribution in [3.63, 3.8) is 0 Å². The Hall–Kier alpha value is -1.38. The molecule has 0 spiro atoms. The summed E-state index contributed by atoms with van der Waals surface area (Å²) in [6.45, 7) is 0. The molecule has 1 aromatic carbocycles. The second-order valence-electron chi connectivity index (χ2n) is 4.21. The Labute approximate surface area is 108 Å². The highest BCUT2D eigenvalue weighted by molar-refractivity contribution is 5.19. The monoisotopic (exact) mass is 307 g/mol. The molecule has 1 atom stereocenters. The Kier molecular flexibility index (Phi) is 4.62. The van der Waals surface area contributed by atoms with Crippen molar-refractivity contribution in [3.8, 4) is 0 Å². The molecule has 2 N–H and O–H groups in total. The first kappa shape index (κ1) is 16.7. The lowest BCUT2D eigenvalue weighted by atomic mass is 9.93. The number of nitrogens with two attached hydrogens (primary N) is 1. The van der Waals surface area contributed by atoms with Crippen molar-refractivity contribution < 1.29 is 35.1 Å². The number of alkyl halides is 6. The Morgan fingerprint density at radius 3 is 1.60 bits per heavy atom. The second kappa shape index (κ2) is 5.55. The Balaban J connectivity index is 3.00. The van der Waals surface area contributed by atoms with Crippen LogP contribution in [0.3, 0.4) is 0 Å². The maximum atomic E-state index is 12.8. The fraction of sp³-hybridized carbons (Fsp3) is 0.455. The Morgan fingerprint density at radius 1 is 0.850 bits per heavy atom. The number of benzene rings is 1. The zero-order chi connectivity index (χ0) is 15.7. The fourth-order valence-corrected chi connectivity index (χ4v) is 1.79. The van der Waals surface area contributed by atoms with E-state index in [1.807, 2.05) is 0 Å². The summed E-state index contributed by atoms with van der Waals surface area (Å²) in [7, 11) is 0. The number of rotatable bonds is 3. The molecule has 0 aliphatic carbocycles. The topological polar surface area (TPSA) is 26.0 Å². The van der Waals surface area contributed by atoms with Crippen molar-refractivity contribution in [2.45, 2.75) is 24.8 Å². The van der Waals surface area contributed by atoms with E-state index in [0.29, 0.717) is 18.2 Å². The van der Waals surface area contributed by atoms with Crippen molar-refractivity contribution in [2.75, 3.05) is 0 Å². The van der Waals surface area contributed by atoms with Gasteiger partial charge in [-0.1, -0.05) is 0 Å². The summed E-state index contributed by atoms with van der Waals surface area (Å²) in [6.07, 6.45) is -12.1. The van der Waals surface area contributed by atoms with Crippen LogP contribution in [-0.2, 0) is 6.42 Å². The van der Waals surface area contributed by atoms with E-state index in [4.69, 9.17) is 5.73 Å². The van der Waals surface area contributed by atoms with Crippen LogP contribution < -0.4 is 5.73 Å². The van der Waals surface area contributed by atoms with Gasteiger partial charge in [0.2, 0.25) is 0 Å². The smallest absolute Gasteiger partial charge is 0.327 e. The first-order valence-electron chi connectivity index (χ1n) is 5.25. The lowest BCUT2D eigenvalue weighted by Gasteiger charge is -2.28. The van der Waals surface area contributed by atoms with Crippen LogP contribution in [0.1, 0.15) is 5.56 Å². The zero-order valence-corrected chi connectivity index (χ0v) is 9.69. The maximum absolute atomic E-state index is 12.8. The van der Waals surface area contributed by atoms with Gasteiger partial charge in [0.25, 0.3) is 0 Å². The molecule has 0 radical (unpaired) electrons. The Morgan fingerprint density at radius 2 is 1.25 bits per heavy atom. The van der Waals surface area contributed by atoms with Gasteiger partial charge in [-0.2, -0.15) is 26.3 Å². The van der Waals surface area contributed by atoms with Crippen LogP contribution in [0.25, 0.3) is 0 Å². The van der Waals surface area contributed by atoms with E-state index >= 15 is 0 Å². The molecular weight excluding hydrogens is 298 g/mol. The van der Waals surface area contributed by atoms with E-state index in [1.165, 1.54) is 0 Å². The van der Waals surface area contributed by atoms with E-state index in [0.717, 1.165) is 0 Å². The average molecular weight is 307 g/mol. The van der Waals surface area contributed by atoms with E-state index in [1.54, 1.807) is 0 Å². The molecule has 1 rings (SSSR count). The molecule has 20 heavy (non-hydrogen) atoms. The fourth-order valence-electron chi connectivity index (χ4n) is 1.79. The predicted molar refractivity (Wildman–Crippen MR) is 53.6 cm³/mol. The molecule has 1 aromatic rings. The summed E-state index contributed by atoms with van der Waals surface area (Å²) in [5.74, 6) is -5.98. The van der Waals surface area contributed by atoms with Crippen LogP contribution in [0.2, 0.25) is 0 Å². The van der Waals surface area contributed by atoms with E-state index in [2.05, 4.69) is 0 Å². The van der Waals surface area contributed by atoms with Gasteiger partial charge in [-0.05, 0) is 24.1 Å². The average Bonchev–Trinajstić information content (AvgIpc) is 2.08. The molecule has 9 heteroatoms. The van der Waals surface area contributed by atoms with Crippen LogP contribution in [0.4, 0.5) is 35.1 Å². The highest BCUT2D eigenvalue weighted by Crippen LogP contribution is 2.41. The molecule has 0 saturated heterocycles. The minimum atomic E-state index is -5.59. The van der Waals surface area contributed by atoms with Crippen molar-refractivity contribution in [3.05, 3.63) is 35.4 Å². The van der Waals surface area contributed by atoms with Gasteiger partial charge < -0.3 is 5.73 Å². The Bertz CT molecular complexity index is 430. The molecule has 0 aliphatic heterocycles. The number of hydrogen-bond donors (Lipinski definition) is 1. The van der Waals surface area contributed by atoms with Crippen molar-refractivity contribution in [2.24, 2.45) is 11.7 Å². The van der Waals surface area contributed by atoms with Crippen LogP contribution in [0, 0.1) is 17.6 Å². The third kappa shape index (κ3) is 4.32. The van der Waals surface area contributed by atoms with Crippen molar-refractivity contribution in [1.82, 2.24) is 0 Å². The first-order valence-corrected chi connectivity index (χ1v) is 5.25. The number of halogens is 8. The normalized spacial score (nSPS) is 14.7. The van der Waals surface area contributed by atoms with Gasteiger partial charge in [0.15, 0.2) is 5.92 Å². The SMILES string of the molecule is NC(Cc1cc(F)cc(F)c1)C(C(F)(F)F)C(F)(F)F. The summed E-state index contributed by atoms with van der Waals surface area (Å²) in [4.78, 5) is 0. The van der Waals surface area contributed by atoms with E-state index in [-0.39, 0.29) is 5.56 Å². The second-order valence-corrected chi connectivity index (χ2v) is 4.21. The van der Waals surface area contributed by atoms with Crippen LogP contribution >= 0.6 is 0 Å². The lowest BCUT2D eigenvalue weighted by molar-refractivity contribution is -0.289. The van der Waals surface area contributed by atoms with Crippen LogP contribution in [-0.4, -0.2) is 18.4 Å². The summed E-state index contributed by atoms with van der Waals surface area (Å²) in [5.41, 5.74) is 4.56. The highest BCUT2D eigenvalue weighted by atomic mass is 19.4. The van der Waals surface area contributed by atoms with E-state index in [9.17, 15) is 35.1 Å². The molecule has 0 amide bonds. The zero-order valence-electron chi connectivity index (χ0n) is 9.69. The van der Waals surface area contributed by atoms with Gasteiger partial charge in [0, 0.05) is 12.1 Å². The maximum Gasteiger partial charge on any atom is 0.402 e. The molecule has 0 aromatic heterocycles. The van der Waals surface area contributed by atoms with Crippen LogP contribution in [0.5, 0.6) is 0 Å². The van der Waals surface area contributed by atoms with Crippen LogP contribution in [0.15, 0.2) is 18.2 Å². The largest absolute Gasteiger partial charge is 0.402 e. The van der Waals surface area contributed by atoms with Crippen molar-refractivity contribution >= 4 is 0 Å². The standard InChI is InChI=1S/C11H9F8N/c12-6-1-5(2-7(13)4-6)3-8(20)9(10(14,15)16)11(17,18)19/h1-2,4,8-9H,3,20H2. The minimum absolute atomic E-state index is 0.381. The van der Waals surface area contributed by atoms with E-state index < -0.39 is 42.4 Å². The molecule has 114 valence electrons. The summed E-state index contributed by atoms with van der Waals surface area (Å²) >= 11 is 0. The van der Waals surface area contributed by atoms with Crippen molar-refractivity contribution in [1.29, 1.82) is 0 Å². The highest BCUT2D eigenvalue weighted by Gasteiger charge is 2.59. The molecule has 0 fully saturated rings. The van der Waals surface area contributed by atoms with Gasteiger partial charge in [0.05, 0.1) is 0 Å². The molecule has 1 unspecified atom stereocenters. The predicted octanol–water partition coefficient (Wildman–Crippen LogP) is 3.58.